The van der Waals surface area contributed by atoms with E-state index in [1.54, 1.807) is 24.3 Å². The molecule has 2 heterocycles. The summed E-state index contributed by atoms with van der Waals surface area (Å²) in [6, 6.07) is 25.0. The van der Waals surface area contributed by atoms with E-state index in [1.165, 1.54) is 11.8 Å². The number of amides is 1. The van der Waals surface area contributed by atoms with Crippen LogP contribution >= 0.6 is 11.8 Å². The molecule has 0 spiro atoms. The summed E-state index contributed by atoms with van der Waals surface area (Å²) in [5.41, 5.74) is 5.20. The van der Waals surface area contributed by atoms with Crippen LogP contribution in [0.2, 0.25) is 0 Å². The Morgan fingerprint density at radius 2 is 1.91 bits per heavy atom. The molecule has 2 aromatic heterocycles. The monoisotopic (exact) mass is 464 g/mol. The highest BCUT2D eigenvalue weighted by atomic mass is 32.2. The normalized spacial score (nSPS) is 10.8. The lowest BCUT2D eigenvalue weighted by Crippen LogP contribution is -2.14. The molecule has 8 heteroatoms. The number of carbonyl (C=O) groups excluding carboxylic acids is 1. The second kappa shape index (κ2) is 9.25. The number of nitrogens with zero attached hydrogens (tertiary/aromatic N) is 4. The smallest absolute Gasteiger partial charge is 0.234 e. The number of aryl methyl sites for hydroxylation is 1. The maximum atomic E-state index is 12.6. The summed E-state index contributed by atoms with van der Waals surface area (Å²) in [4.78, 5) is 15.9. The molecule has 5 rings (SSSR count). The van der Waals surface area contributed by atoms with Crippen molar-refractivity contribution in [3.63, 3.8) is 0 Å². The molecule has 34 heavy (non-hydrogen) atoms. The number of hydrogen-bond acceptors (Lipinski definition) is 5. The highest BCUT2D eigenvalue weighted by molar-refractivity contribution is 7.99. The first-order valence-corrected chi connectivity index (χ1v) is 11.6. The van der Waals surface area contributed by atoms with Gasteiger partial charge in [0.25, 0.3) is 0 Å². The van der Waals surface area contributed by atoms with Crippen molar-refractivity contribution >= 4 is 34.3 Å². The fourth-order valence-electron chi connectivity index (χ4n) is 3.75. The van der Waals surface area contributed by atoms with Crippen LogP contribution in [-0.4, -0.2) is 31.4 Å². The number of hydrogen-bond donors (Lipinski definition) is 2. The molecule has 7 nitrogen and oxygen atoms in total. The van der Waals surface area contributed by atoms with Crippen LogP contribution in [0.1, 0.15) is 11.1 Å². The van der Waals surface area contributed by atoms with Crippen molar-refractivity contribution in [2.75, 3.05) is 11.1 Å². The number of fused-ring (bicyclic) bond motifs is 1. The van der Waals surface area contributed by atoms with Gasteiger partial charge in [0.1, 0.15) is 0 Å². The molecular weight excluding hydrogens is 444 g/mol. The van der Waals surface area contributed by atoms with Crippen molar-refractivity contribution in [2.24, 2.45) is 0 Å². The molecule has 0 unspecified atom stereocenters. The molecule has 0 fully saturated rings. The maximum Gasteiger partial charge on any atom is 0.234 e. The minimum absolute atomic E-state index is 0.165. The first-order valence-electron chi connectivity index (χ1n) is 10.6. The van der Waals surface area contributed by atoms with Crippen molar-refractivity contribution in [3.8, 4) is 23.1 Å². The number of benzene rings is 3. The standard InChI is InChI=1S/C26H20N6OS/c1-17-5-4-6-20(13-17)32-25(22-15-28-23-8-3-2-7-21(22)23)30-31-26(32)34-16-24(33)29-19-11-9-18(14-27)10-12-19/h2-13,15,28H,16H2,1H3,(H,29,33). The molecular formula is C26H20N6OS. The Hall–Kier alpha value is -4.35. The predicted molar refractivity (Wildman–Crippen MR) is 134 cm³/mol. The average molecular weight is 465 g/mol. The van der Waals surface area contributed by atoms with Crippen molar-refractivity contribution in [3.05, 3.63) is 90.1 Å². The molecule has 0 saturated heterocycles. The van der Waals surface area contributed by atoms with Crippen molar-refractivity contribution < 1.29 is 4.79 Å². The van der Waals surface area contributed by atoms with Crippen LogP contribution in [0, 0.1) is 18.3 Å². The van der Waals surface area contributed by atoms with Crippen LogP contribution in [-0.2, 0) is 4.79 Å². The maximum absolute atomic E-state index is 12.6. The number of rotatable bonds is 6. The Balaban J connectivity index is 1.45. The fraction of sp³-hybridized carbons (Fsp3) is 0.0769. The van der Waals surface area contributed by atoms with E-state index in [-0.39, 0.29) is 11.7 Å². The lowest BCUT2D eigenvalue weighted by Gasteiger charge is -2.11. The summed E-state index contributed by atoms with van der Waals surface area (Å²) in [6.45, 7) is 2.04. The number of anilines is 1. The molecule has 2 N–H and O–H groups in total. The largest absolute Gasteiger partial charge is 0.360 e. The summed E-state index contributed by atoms with van der Waals surface area (Å²) in [5, 5.41) is 22.4. The predicted octanol–water partition coefficient (Wildman–Crippen LogP) is 5.33. The van der Waals surface area contributed by atoms with E-state index in [0.717, 1.165) is 27.7 Å². The van der Waals surface area contributed by atoms with Crippen LogP contribution in [0.5, 0.6) is 0 Å². The van der Waals surface area contributed by atoms with Gasteiger partial charge >= 0.3 is 0 Å². The van der Waals surface area contributed by atoms with E-state index in [1.807, 2.05) is 60.2 Å². The van der Waals surface area contributed by atoms with E-state index >= 15 is 0 Å². The van der Waals surface area contributed by atoms with Crippen molar-refractivity contribution in [1.29, 1.82) is 5.26 Å². The summed E-state index contributed by atoms with van der Waals surface area (Å²) in [5.74, 6) is 0.706. The minimum Gasteiger partial charge on any atom is -0.360 e. The van der Waals surface area contributed by atoms with Crippen LogP contribution < -0.4 is 5.32 Å². The van der Waals surface area contributed by atoms with Gasteiger partial charge in [0.15, 0.2) is 11.0 Å². The highest BCUT2D eigenvalue weighted by Gasteiger charge is 2.20. The molecule has 0 saturated carbocycles. The third kappa shape index (κ3) is 4.29. The Bertz CT molecular complexity index is 1530. The number of para-hydroxylation sites is 1. The van der Waals surface area contributed by atoms with Gasteiger partial charge in [-0.05, 0) is 55.0 Å². The quantitative estimate of drug-likeness (QED) is 0.331. The molecule has 0 aliphatic carbocycles. The zero-order valence-corrected chi connectivity index (χ0v) is 19.1. The second-order valence-electron chi connectivity index (χ2n) is 7.75. The van der Waals surface area contributed by atoms with E-state index in [4.69, 9.17) is 5.26 Å². The van der Waals surface area contributed by atoms with Gasteiger partial charge in [-0.25, -0.2) is 0 Å². The lowest BCUT2D eigenvalue weighted by molar-refractivity contribution is -0.113. The van der Waals surface area contributed by atoms with Gasteiger partial charge in [-0.15, -0.1) is 10.2 Å². The molecule has 0 atom stereocenters. The first kappa shape index (κ1) is 21.5. The third-order valence-electron chi connectivity index (χ3n) is 5.35. The molecule has 0 radical (unpaired) electrons. The summed E-state index contributed by atoms with van der Waals surface area (Å²) in [6.07, 6.45) is 1.94. The molecule has 5 aromatic rings. The summed E-state index contributed by atoms with van der Waals surface area (Å²) in [7, 11) is 0. The Labute approximate surface area is 200 Å². The molecule has 1 amide bonds. The van der Waals surface area contributed by atoms with E-state index in [9.17, 15) is 4.79 Å². The zero-order valence-electron chi connectivity index (χ0n) is 18.3. The molecule has 3 aromatic carbocycles. The Morgan fingerprint density at radius 3 is 2.71 bits per heavy atom. The average Bonchev–Trinajstić information content (AvgIpc) is 3.47. The number of aromatic amines is 1. The fourth-order valence-corrected chi connectivity index (χ4v) is 4.50. The molecule has 0 bridgehead atoms. The summed E-state index contributed by atoms with van der Waals surface area (Å²) < 4.78 is 1.99. The van der Waals surface area contributed by atoms with Gasteiger partial charge < -0.3 is 10.3 Å². The van der Waals surface area contributed by atoms with Gasteiger partial charge in [0, 0.05) is 34.0 Å². The number of H-pyrrole nitrogens is 1. The lowest BCUT2D eigenvalue weighted by atomic mass is 10.1. The van der Waals surface area contributed by atoms with Crippen LogP contribution in [0.15, 0.2) is 84.1 Å². The van der Waals surface area contributed by atoms with Crippen LogP contribution in [0.25, 0.3) is 28.0 Å². The Morgan fingerprint density at radius 1 is 1.09 bits per heavy atom. The molecule has 0 aliphatic heterocycles. The van der Waals surface area contributed by atoms with Crippen molar-refractivity contribution in [1.82, 2.24) is 19.7 Å². The molecule has 0 aliphatic rings. The zero-order chi connectivity index (χ0) is 23.5. The van der Waals surface area contributed by atoms with Gasteiger partial charge in [-0.2, -0.15) is 5.26 Å². The second-order valence-corrected chi connectivity index (χ2v) is 8.70. The van der Waals surface area contributed by atoms with Crippen LogP contribution in [0.4, 0.5) is 5.69 Å². The topological polar surface area (TPSA) is 99.4 Å². The first-order chi connectivity index (χ1) is 16.6. The number of nitrogens with one attached hydrogen (secondary N) is 2. The van der Waals surface area contributed by atoms with Crippen molar-refractivity contribution in [2.45, 2.75) is 12.1 Å². The van der Waals surface area contributed by atoms with Gasteiger partial charge in [0.2, 0.25) is 5.91 Å². The molecule has 166 valence electrons. The van der Waals surface area contributed by atoms with Gasteiger partial charge in [-0.3, -0.25) is 9.36 Å². The summed E-state index contributed by atoms with van der Waals surface area (Å²) >= 11 is 1.32. The Kier molecular flexibility index (Phi) is 5.85. The number of thioether (sulfide) groups is 1. The number of carbonyl (C=O) groups is 1. The number of aromatic nitrogens is 4. The van der Waals surface area contributed by atoms with Gasteiger partial charge in [0.05, 0.1) is 17.4 Å². The van der Waals surface area contributed by atoms with Gasteiger partial charge in [-0.1, -0.05) is 42.1 Å². The minimum atomic E-state index is -0.165. The van der Waals surface area contributed by atoms with Crippen LogP contribution in [0.3, 0.4) is 0 Å². The highest BCUT2D eigenvalue weighted by Crippen LogP contribution is 2.32. The van der Waals surface area contributed by atoms with E-state index < -0.39 is 0 Å². The van der Waals surface area contributed by atoms with E-state index in [0.29, 0.717) is 22.2 Å². The number of nitriles is 1. The van der Waals surface area contributed by atoms with E-state index in [2.05, 4.69) is 32.6 Å². The third-order valence-corrected chi connectivity index (χ3v) is 6.28. The SMILES string of the molecule is Cc1cccc(-n2c(SCC(=O)Nc3ccc(C#N)cc3)nnc2-c2c[nH]c3ccccc23)c1.